The molecule has 2 heterocycles. The van der Waals surface area contributed by atoms with Gasteiger partial charge in [0.1, 0.15) is 0 Å². The van der Waals surface area contributed by atoms with Crippen LogP contribution in [0.4, 0.5) is 0 Å². The molecule has 2 aromatic rings. The third kappa shape index (κ3) is 4.07. The molecular weight excluding hydrogens is 376 g/mol. The van der Waals surface area contributed by atoms with E-state index < -0.39 is 0 Å². The van der Waals surface area contributed by atoms with E-state index in [2.05, 4.69) is 20.8 Å². The van der Waals surface area contributed by atoms with Gasteiger partial charge in [-0.2, -0.15) is 0 Å². The second-order valence-corrected chi connectivity index (χ2v) is 7.34. The molecular formula is C17H17BrN2O2S. The summed E-state index contributed by atoms with van der Waals surface area (Å²) < 4.78 is 0.906. The van der Waals surface area contributed by atoms with E-state index in [1.807, 2.05) is 46.7 Å². The summed E-state index contributed by atoms with van der Waals surface area (Å²) >= 11 is 4.87. The molecule has 4 nitrogen and oxygen atoms in total. The van der Waals surface area contributed by atoms with E-state index in [-0.39, 0.29) is 11.7 Å². The monoisotopic (exact) mass is 392 g/mol. The maximum Gasteiger partial charge on any atom is 0.253 e. The second kappa shape index (κ2) is 7.38. The number of carbonyl (C=O) groups is 2. The fourth-order valence-electron chi connectivity index (χ4n) is 2.63. The summed E-state index contributed by atoms with van der Waals surface area (Å²) in [6.07, 6.45) is 0. The SMILES string of the molecule is O=C(CN1CCN(C(=O)c2cccc(Br)c2)CC1)c1cccs1. The van der Waals surface area contributed by atoms with Gasteiger partial charge in [-0.05, 0) is 29.6 Å². The maximum absolute atomic E-state index is 12.5. The number of thiophene rings is 1. The number of halogens is 1. The van der Waals surface area contributed by atoms with Crippen molar-refractivity contribution in [1.29, 1.82) is 0 Å². The van der Waals surface area contributed by atoms with Gasteiger partial charge in [0.05, 0.1) is 11.4 Å². The summed E-state index contributed by atoms with van der Waals surface area (Å²) in [5.41, 5.74) is 0.697. The van der Waals surface area contributed by atoms with Crippen LogP contribution < -0.4 is 0 Å². The molecule has 3 rings (SSSR count). The summed E-state index contributed by atoms with van der Waals surface area (Å²) in [7, 11) is 0. The van der Waals surface area contributed by atoms with E-state index >= 15 is 0 Å². The molecule has 1 amide bonds. The summed E-state index contributed by atoms with van der Waals surface area (Å²) in [4.78, 5) is 29.4. The zero-order valence-corrected chi connectivity index (χ0v) is 15.0. The van der Waals surface area contributed by atoms with Crippen LogP contribution in [0.3, 0.4) is 0 Å². The van der Waals surface area contributed by atoms with E-state index in [0.29, 0.717) is 25.2 Å². The fourth-order valence-corrected chi connectivity index (χ4v) is 3.69. The van der Waals surface area contributed by atoms with Crippen molar-refractivity contribution in [2.45, 2.75) is 0 Å². The average Bonchev–Trinajstić information content (AvgIpc) is 3.09. The van der Waals surface area contributed by atoms with Gasteiger partial charge in [0.25, 0.3) is 5.91 Å². The Morgan fingerprint density at radius 2 is 1.87 bits per heavy atom. The first-order valence-electron chi connectivity index (χ1n) is 7.47. The van der Waals surface area contributed by atoms with Gasteiger partial charge in [0.15, 0.2) is 5.78 Å². The van der Waals surface area contributed by atoms with Gasteiger partial charge >= 0.3 is 0 Å². The van der Waals surface area contributed by atoms with Crippen molar-refractivity contribution >= 4 is 39.0 Å². The van der Waals surface area contributed by atoms with Gasteiger partial charge in [-0.25, -0.2) is 0 Å². The molecule has 1 aromatic carbocycles. The van der Waals surface area contributed by atoms with E-state index in [9.17, 15) is 9.59 Å². The third-order valence-corrected chi connectivity index (χ3v) is 5.30. The van der Waals surface area contributed by atoms with Crippen molar-refractivity contribution < 1.29 is 9.59 Å². The number of rotatable bonds is 4. The molecule has 0 atom stereocenters. The first-order valence-corrected chi connectivity index (χ1v) is 9.14. The van der Waals surface area contributed by atoms with Crippen LogP contribution in [0.25, 0.3) is 0 Å². The number of nitrogens with zero attached hydrogens (tertiary/aromatic N) is 2. The van der Waals surface area contributed by atoms with Crippen LogP contribution in [0.2, 0.25) is 0 Å². The fraction of sp³-hybridized carbons (Fsp3) is 0.294. The highest BCUT2D eigenvalue weighted by Gasteiger charge is 2.23. The normalized spacial score (nSPS) is 15.6. The number of benzene rings is 1. The van der Waals surface area contributed by atoms with Crippen LogP contribution in [0.5, 0.6) is 0 Å². The number of hydrogen-bond acceptors (Lipinski definition) is 4. The van der Waals surface area contributed by atoms with Crippen LogP contribution in [-0.2, 0) is 0 Å². The Hall–Kier alpha value is -1.50. The predicted octanol–water partition coefficient (Wildman–Crippen LogP) is 3.15. The minimum absolute atomic E-state index is 0.0514. The zero-order chi connectivity index (χ0) is 16.2. The van der Waals surface area contributed by atoms with E-state index in [1.54, 1.807) is 0 Å². The molecule has 1 aliphatic heterocycles. The first kappa shape index (κ1) is 16.4. The molecule has 0 bridgehead atoms. The summed E-state index contributed by atoms with van der Waals surface area (Å²) in [5.74, 6) is 0.210. The number of Topliss-reactive ketones (excluding diaryl/α,β-unsaturated/α-hetero) is 1. The molecule has 1 aromatic heterocycles. The Morgan fingerprint density at radius 1 is 1.09 bits per heavy atom. The molecule has 6 heteroatoms. The van der Waals surface area contributed by atoms with Crippen molar-refractivity contribution in [2.75, 3.05) is 32.7 Å². The topological polar surface area (TPSA) is 40.6 Å². The first-order chi connectivity index (χ1) is 11.1. The largest absolute Gasteiger partial charge is 0.336 e. The van der Waals surface area contributed by atoms with Crippen LogP contribution in [-0.4, -0.2) is 54.2 Å². The number of amides is 1. The van der Waals surface area contributed by atoms with Crippen LogP contribution >= 0.6 is 27.3 Å². The van der Waals surface area contributed by atoms with Crippen LogP contribution in [0.1, 0.15) is 20.0 Å². The van der Waals surface area contributed by atoms with E-state index in [4.69, 9.17) is 0 Å². The highest BCUT2D eigenvalue weighted by Crippen LogP contribution is 2.15. The molecule has 0 unspecified atom stereocenters. The molecule has 1 aliphatic rings. The molecule has 1 fully saturated rings. The van der Waals surface area contributed by atoms with Gasteiger partial charge in [-0.3, -0.25) is 14.5 Å². The van der Waals surface area contributed by atoms with Gasteiger partial charge < -0.3 is 4.90 Å². The molecule has 120 valence electrons. The molecule has 1 saturated heterocycles. The lowest BCUT2D eigenvalue weighted by Crippen LogP contribution is -2.49. The Bertz CT molecular complexity index is 694. The van der Waals surface area contributed by atoms with Crippen molar-refractivity contribution in [2.24, 2.45) is 0 Å². The zero-order valence-electron chi connectivity index (χ0n) is 12.6. The Labute approximate surface area is 147 Å². The lowest BCUT2D eigenvalue weighted by atomic mass is 10.2. The average molecular weight is 393 g/mol. The summed E-state index contributed by atoms with van der Waals surface area (Å²) in [5, 5.41) is 1.92. The molecule has 0 saturated carbocycles. The van der Waals surface area contributed by atoms with Crippen molar-refractivity contribution in [3.63, 3.8) is 0 Å². The van der Waals surface area contributed by atoms with Crippen molar-refractivity contribution in [3.8, 4) is 0 Å². The summed E-state index contributed by atoms with van der Waals surface area (Å²) in [6, 6.07) is 11.2. The van der Waals surface area contributed by atoms with Gasteiger partial charge in [-0.15, -0.1) is 11.3 Å². The standard InChI is InChI=1S/C17H17BrN2O2S/c18-14-4-1-3-13(11-14)17(22)20-8-6-19(7-9-20)12-15(21)16-5-2-10-23-16/h1-5,10-11H,6-9,12H2. The molecule has 0 aliphatic carbocycles. The highest BCUT2D eigenvalue weighted by atomic mass is 79.9. The Kier molecular flexibility index (Phi) is 5.25. The Morgan fingerprint density at radius 3 is 2.52 bits per heavy atom. The summed E-state index contributed by atoms with van der Waals surface area (Å²) in [6.45, 7) is 3.21. The predicted molar refractivity (Wildman–Crippen MR) is 95.1 cm³/mol. The quantitative estimate of drug-likeness (QED) is 0.750. The molecule has 0 spiro atoms. The minimum atomic E-state index is 0.0514. The Balaban J connectivity index is 1.54. The molecule has 0 radical (unpaired) electrons. The number of ketones is 1. The number of hydrogen-bond donors (Lipinski definition) is 0. The minimum Gasteiger partial charge on any atom is -0.336 e. The van der Waals surface area contributed by atoms with E-state index in [1.165, 1.54) is 11.3 Å². The van der Waals surface area contributed by atoms with Crippen LogP contribution in [0, 0.1) is 0 Å². The number of carbonyl (C=O) groups excluding carboxylic acids is 2. The van der Waals surface area contributed by atoms with Gasteiger partial charge in [0.2, 0.25) is 0 Å². The maximum atomic E-state index is 12.5. The number of piperazine rings is 1. The smallest absolute Gasteiger partial charge is 0.253 e. The van der Waals surface area contributed by atoms with Crippen molar-refractivity contribution in [3.05, 3.63) is 56.7 Å². The van der Waals surface area contributed by atoms with Gasteiger partial charge in [-0.1, -0.05) is 28.1 Å². The van der Waals surface area contributed by atoms with Crippen LogP contribution in [0.15, 0.2) is 46.3 Å². The highest BCUT2D eigenvalue weighted by molar-refractivity contribution is 9.10. The second-order valence-electron chi connectivity index (χ2n) is 5.48. The van der Waals surface area contributed by atoms with Gasteiger partial charge in [0, 0.05) is 36.2 Å². The lowest BCUT2D eigenvalue weighted by Gasteiger charge is -2.34. The lowest BCUT2D eigenvalue weighted by molar-refractivity contribution is 0.0625. The molecule has 23 heavy (non-hydrogen) atoms. The third-order valence-electron chi connectivity index (χ3n) is 3.89. The van der Waals surface area contributed by atoms with E-state index in [0.717, 1.165) is 22.4 Å². The molecule has 0 N–H and O–H groups in total. The van der Waals surface area contributed by atoms with Crippen molar-refractivity contribution in [1.82, 2.24) is 9.80 Å².